The van der Waals surface area contributed by atoms with Crippen LogP contribution in [-0.2, 0) is 4.79 Å². The molecule has 7 heteroatoms. The minimum atomic E-state index is -0.264. The first-order chi connectivity index (χ1) is 12.3. The zero-order valence-electron chi connectivity index (χ0n) is 15.8. The summed E-state index contributed by atoms with van der Waals surface area (Å²) in [6.45, 7) is 7.71. The van der Waals surface area contributed by atoms with Crippen molar-refractivity contribution in [2.24, 2.45) is 5.92 Å². The molecule has 1 aliphatic rings. The highest BCUT2D eigenvalue weighted by Gasteiger charge is 2.23. The van der Waals surface area contributed by atoms with Crippen molar-refractivity contribution in [1.29, 1.82) is 0 Å². The molecule has 26 heavy (non-hydrogen) atoms. The number of amides is 2. The van der Waals surface area contributed by atoms with Crippen LogP contribution in [0.2, 0.25) is 5.02 Å². The van der Waals surface area contributed by atoms with Crippen molar-refractivity contribution in [2.75, 3.05) is 26.8 Å². The van der Waals surface area contributed by atoms with Gasteiger partial charge in [-0.15, -0.1) is 0 Å². The summed E-state index contributed by atoms with van der Waals surface area (Å²) in [6.07, 6.45) is 1.47. The maximum Gasteiger partial charge on any atom is 0.251 e. The molecular weight excluding hydrogens is 356 g/mol. The van der Waals surface area contributed by atoms with Gasteiger partial charge in [0.1, 0.15) is 0 Å². The summed E-state index contributed by atoms with van der Waals surface area (Å²) < 4.78 is 11.0. The van der Waals surface area contributed by atoms with Crippen LogP contribution in [0.1, 0.15) is 44.0 Å². The maximum atomic E-state index is 12.5. The van der Waals surface area contributed by atoms with E-state index in [9.17, 15) is 9.59 Å². The van der Waals surface area contributed by atoms with Crippen LogP contribution < -0.4 is 14.8 Å². The third kappa shape index (κ3) is 5.27. The molecule has 144 valence electrons. The maximum absolute atomic E-state index is 12.5. The standard InChI is InChI=1S/C19H27ClN2O4/c1-12(2)11-26-18-15(20)8-14(9-16(18)25-4)19(24)21-13(3)10-22-7-5-6-17(22)23/h8-9,12-13H,5-7,10-11H2,1-4H3,(H,21,24)/t13-/m0/s1. The summed E-state index contributed by atoms with van der Waals surface area (Å²) in [5, 5.41) is 3.24. The van der Waals surface area contributed by atoms with Crippen molar-refractivity contribution >= 4 is 23.4 Å². The van der Waals surface area contributed by atoms with Gasteiger partial charge in [0.15, 0.2) is 11.5 Å². The lowest BCUT2D eigenvalue weighted by Crippen LogP contribution is -2.42. The number of carbonyl (C=O) groups is 2. The predicted molar refractivity (Wildman–Crippen MR) is 101 cm³/mol. The van der Waals surface area contributed by atoms with Gasteiger partial charge >= 0.3 is 0 Å². The van der Waals surface area contributed by atoms with Crippen LogP contribution in [-0.4, -0.2) is 49.6 Å². The molecule has 1 aliphatic heterocycles. The molecule has 0 spiro atoms. The number of methoxy groups -OCH3 is 1. The summed E-state index contributed by atoms with van der Waals surface area (Å²) in [7, 11) is 1.51. The van der Waals surface area contributed by atoms with Crippen LogP contribution in [0.5, 0.6) is 11.5 Å². The largest absolute Gasteiger partial charge is 0.493 e. The second-order valence-electron chi connectivity index (χ2n) is 7.01. The van der Waals surface area contributed by atoms with Gasteiger partial charge in [-0.2, -0.15) is 0 Å². The lowest BCUT2D eigenvalue weighted by molar-refractivity contribution is -0.127. The minimum absolute atomic E-state index is 0.141. The van der Waals surface area contributed by atoms with E-state index in [-0.39, 0.29) is 17.9 Å². The highest BCUT2D eigenvalue weighted by molar-refractivity contribution is 6.32. The summed E-state index contributed by atoms with van der Waals surface area (Å²) in [5.74, 6) is 1.08. The van der Waals surface area contributed by atoms with Crippen LogP contribution in [0.25, 0.3) is 0 Å². The fraction of sp³-hybridized carbons (Fsp3) is 0.579. The van der Waals surface area contributed by atoms with E-state index in [4.69, 9.17) is 21.1 Å². The van der Waals surface area contributed by atoms with E-state index < -0.39 is 0 Å². The number of hydrogen-bond donors (Lipinski definition) is 1. The number of nitrogens with one attached hydrogen (secondary N) is 1. The Kier molecular flexibility index (Phi) is 7.14. The Morgan fingerprint density at radius 2 is 2.08 bits per heavy atom. The second kappa shape index (κ2) is 9.12. The molecule has 1 aromatic rings. The zero-order valence-corrected chi connectivity index (χ0v) is 16.6. The van der Waals surface area contributed by atoms with Gasteiger partial charge in [0.25, 0.3) is 5.91 Å². The molecule has 0 aromatic heterocycles. The monoisotopic (exact) mass is 382 g/mol. The predicted octanol–water partition coefficient (Wildman–Crippen LogP) is 3.12. The molecule has 0 unspecified atom stereocenters. The molecule has 2 rings (SSSR count). The smallest absolute Gasteiger partial charge is 0.251 e. The molecule has 6 nitrogen and oxygen atoms in total. The number of rotatable bonds is 8. The van der Waals surface area contributed by atoms with Crippen molar-refractivity contribution in [3.05, 3.63) is 22.7 Å². The van der Waals surface area contributed by atoms with Crippen molar-refractivity contribution in [3.8, 4) is 11.5 Å². The van der Waals surface area contributed by atoms with E-state index in [0.717, 1.165) is 13.0 Å². The van der Waals surface area contributed by atoms with Gasteiger partial charge in [-0.05, 0) is 31.4 Å². The number of ether oxygens (including phenoxy) is 2. The molecule has 0 radical (unpaired) electrons. The van der Waals surface area contributed by atoms with Gasteiger partial charge in [-0.1, -0.05) is 25.4 Å². The number of hydrogen-bond acceptors (Lipinski definition) is 4. The fourth-order valence-electron chi connectivity index (χ4n) is 2.82. The molecule has 1 heterocycles. The molecule has 0 saturated carbocycles. The van der Waals surface area contributed by atoms with Crippen molar-refractivity contribution in [3.63, 3.8) is 0 Å². The number of benzene rings is 1. The van der Waals surface area contributed by atoms with Crippen LogP contribution in [0.4, 0.5) is 0 Å². The Hall–Kier alpha value is -1.95. The van der Waals surface area contributed by atoms with Gasteiger partial charge in [0.2, 0.25) is 5.91 Å². The van der Waals surface area contributed by atoms with E-state index in [0.29, 0.717) is 47.6 Å². The number of carbonyl (C=O) groups excluding carboxylic acids is 2. The van der Waals surface area contributed by atoms with E-state index >= 15 is 0 Å². The normalized spacial score (nSPS) is 15.3. The Morgan fingerprint density at radius 3 is 2.65 bits per heavy atom. The molecule has 1 atom stereocenters. The first-order valence-electron chi connectivity index (χ1n) is 8.90. The molecule has 1 N–H and O–H groups in total. The summed E-state index contributed by atoms with van der Waals surface area (Å²) in [4.78, 5) is 26.0. The molecule has 0 aliphatic carbocycles. The molecule has 1 aromatic carbocycles. The van der Waals surface area contributed by atoms with Crippen molar-refractivity contribution in [1.82, 2.24) is 10.2 Å². The van der Waals surface area contributed by atoms with Gasteiger partial charge in [-0.3, -0.25) is 9.59 Å². The minimum Gasteiger partial charge on any atom is -0.493 e. The quantitative estimate of drug-likeness (QED) is 0.750. The second-order valence-corrected chi connectivity index (χ2v) is 7.42. The Labute approximate surface area is 159 Å². The van der Waals surface area contributed by atoms with E-state index in [1.807, 2.05) is 20.8 Å². The average Bonchev–Trinajstić information content (AvgIpc) is 2.97. The third-order valence-electron chi connectivity index (χ3n) is 4.10. The fourth-order valence-corrected chi connectivity index (χ4v) is 3.09. The number of halogens is 1. The first kappa shape index (κ1) is 20.4. The van der Waals surface area contributed by atoms with E-state index in [1.165, 1.54) is 7.11 Å². The zero-order chi connectivity index (χ0) is 19.3. The number of likely N-dealkylation sites (tertiary alicyclic amines) is 1. The highest BCUT2D eigenvalue weighted by Crippen LogP contribution is 2.36. The number of nitrogens with zero attached hydrogens (tertiary/aromatic N) is 1. The van der Waals surface area contributed by atoms with E-state index in [1.54, 1.807) is 17.0 Å². The van der Waals surface area contributed by atoms with Gasteiger partial charge in [-0.25, -0.2) is 0 Å². The molecule has 1 fully saturated rings. The topological polar surface area (TPSA) is 67.9 Å². The molecule has 0 bridgehead atoms. The van der Waals surface area contributed by atoms with Crippen molar-refractivity contribution in [2.45, 2.75) is 39.7 Å². The summed E-state index contributed by atoms with van der Waals surface area (Å²) >= 11 is 6.30. The average molecular weight is 383 g/mol. The van der Waals surface area contributed by atoms with Crippen LogP contribution in [0.3, 0.4) is 0 Å². The SMILES string of the molecule is COc1cc(C(=O)N[C@@H](C)CN2CCCC2=O)cc(Cl)c1OCC(C)C. The first-order valence-corrected chi connectivity index (χ1v) is 9.28. The Balaban J connectivity index is 2.05. The molecule has 1 saturated heterocycles. The third-order valence-corrected chi connectivity index (χ3v) is 4.38. The summed E-state index contributed by atoms with van der Waals surface area (Å²) in [6, 6.07) is 3.03. The highest BCUT2D eigenvalue weighted by atomic mass is 35.5. The van der Waals surface area contributed by atoms with Gasteiger partial charge < -0.3 is 19.7 Å². The molecular formula is C19H27ClN2O4. The van der Waals surface area contributed by atoms with E-state index in [2.05, 4.69) is 5.32 Å². The van der Waals surface area contributed by atoms with Crippen LogP contribution in [0.15, 0.2) is 12.1 Å². The Morgan fingerprint density at radius 1 is 1.35 bits per heavy atom. The lowest BCUT2D eigenvalue weighted by atomic mass is 10.1. The van der Waals surface area contributed by atoms with Gasteiger partial charge in [0, 0.05) is 31.1 Å². The summed E-state index contributed by atoms with van der Waals surface area (Å²) in [5.41, 5.74) is 0.392. The van der Waals surface area contributed by atoms with Crippen LogP contribution >= 0.6 is 11.6 Å². The molecule has 2 amide bonds. The van der Waals surface area contributed by atoms with Crippen molar-refractivity contribution < 1.29 is 19.1 Å². The van der Waals surface area contributed by atoms with Gasteiger partial charge in [0.05, 0.1) is 18.7 Å². The Bertz CT molecular complexity index is 663. The van der Waals surface area contributed by atoms with Crippen LogP contribution in [0, 0.1) is 5.92 Å². The lowest BCUT2D eigenvalue weighted by Gasteiger charge is -2.22.